The lowest BCUT2D eigenvalue weighted by Gasteiger charge is -2.44. The Morgan fingerprint density at radius 3 is 1.77 bits per heavy atom. The number of carbonyl (C=O) groups is 1. The first-order valence-electron chi connectivity index (χ1n) is 16.8. The molecule has 0 aliphatic heterocycles. The molecule has 1 heterocycles. The van der Waals surface area contributed by atoms with Gasteiger partial charge in [-0.3, -0.25) is 0 Å². The quantitative estimate of drug-likeness (QED) is 0.101. The van der Waals surface area contributed by atoms with E-state index in [9.17, 15) is 4.79 Å². The van der Waals surface area contributed by atoms with E-state index in [1.807, 2.05) is 0 Å². The molecule has 1 aromatic heterocycles. The van der Waals surface area contributed by atoms with Gasteiger partial charge in [0.05, 0.1) is 19.4 Å². The molecule has 8 heteroatoms. The molecule has 0 radical (unpaired) electrons. The molecule has 0 atom stereocenters. The zero-order valence-electron chi connectivity index (χ0n) is 30.3. The van der Waals surface area contributed by atoms with Crippen molar-refractivity contribution in [3.05, 3.63) is 21.9 Å². The molecule has 5 nitrogen and oxygen atoms in total. The van der Waals surface area contributed by atoms with Crippen molar-refractivity contribution in [2.75, 3.05) is 31.9 Å². The van der Waals surface area contributed by atoms with Gasteiger partial charge in [-0.25, -0.2) is 4.79 Å². The molecular formula is C35H65NO4SSi2. The number of thiophene rings is 1. The van der Waals surface area contributed by atoms with Gasteiger partial charge < -0.3 is 18.5 Å². The average molecular weight is 652 g/mol. The van der Waals surface area contributed by atoms with Gasteiger partial charge in [0, 0.05) is 11.4 Å². The van der Waals surface area contributed by atoms with Crippen LogP contribution in [0.5, 0.6) is 0 Å². The fourth-order valence-corrected chi connectivity index (χ4v) is 20.1. The standard InChI is InChI=1S/C35H65NO4SSi2/c1-24(2)42(25(3)4,26(5)6)39-21-20-36(23-40-43(27(7)8,28(9)10)29(11)12)31-22-32(41-33(31)34(37)38-15)30-16-18-35(13,14)19-17-30/h16,22,24-29H,17-21,23H2,1-15H3. The topological polar surface area (TPSA) is 48.0 Å². The summed E-state index contributed by atoms with van der Waals surface area (Å²) < 4.78 is 19.5. The predicted molar refractivity (Wildman–Crippen MR) is 193 cm³/mol. The summed E-state index contributed by atoms with van der Waals surface area (Å²) >= 11 is 1.57. The van der Waals surface area contributed by atoms with Gasteiger partial charge in [0.1, 0.15) is 11.6 Å². The summed E-state index contributed by atoms with van der Waals surface area (Å²) in [5.74, 6) is -0.274. The van der Waals surface area contributed by atoms with Crippen LogP contribution in [0.25, 0.3) is 5.57 Å². The minimum atomic E-state index is -2.15. The van der Waals surface area contributed by atoms with Gasteiger partial charge in [0.15, 0.2) is 8.32 Å². The third kappa shape index (κ3) is 8.46. The lowest BCUT2D eigenvalue weighted by molar-refractivity contribution is 0.0606. The smallest absolute Gasteiger partial charge is 0.350 e. The van der Waals surface area contributed by atoms with E-state index in [2.05, 4.69) is 114 Å². The Balaban J connectivity index is 2.58. The van der Waals surface area contributed by atoms with Crippen molar-refractivity contribution in [3.63, 3.8) is 0 Å². The number of methoxy groups -OCH3 is 1. The van der Waals surface area contributed by atoms with Crippen LogP contribution in [0.15, 0.2) is 12.1 Å². The predicted octanol–water partition coefficient (Wildman–Crippen LogP) is 11.3. The number of rotatable bonds is 16. The minimum absolute atomic E-state index is 0.274. The van der Waals surface area contributed by atoms with Gasteiger partial charge in [-0.1, -0.05) is 103 Å². The summed E-state index contributed by atoms with van der Waals surface area (Å²) in [6, 6.07) is 2.23. The van der Waals surface area contributed by atoms with Crippen molar-refractivity contribution in [3.8, 4) is 0 Å². The molecule has 248 valence electrons. The van der Waals surface area contributed by atoms with Gasteiger partial charge >= 0.3 is 5.97 Å². The maximum Gasteiger partial charge on any atom is 0.350 e. The number of allylic oxidation sites excluding steroid dienone is 2. The number of ether oxygens (including phenoxy) is 1. The Hall–Kier alpha value is -0.936. The monoisotopic (exact) mass is 651 g/mol. The Morgan fingerprint density at radius 1 is 0.860 bits per heavy atom. The average Bonchev–Trinajstić information content (AvgIpc) is 3.33. The van der Waals surface area contributed by atoms with Crippen LogP contribution in [0.4, 0.5) is 5.69 Å². The molecule has 0 spiro atoms. The highest BCUT2D eigenvalue weighted by Crippen LogP contribution is 2.46. The Kier molecular flexibility index (Phi) is 13.8. The van der Waals surface area contributed by atoms with E-state index in [1.165, 1.54) is 17.6 Å². The lowest BCUT2D eigenvalue weighted by Crippen LogP contribution is -2.51. The van der Waals surface area contributed by atoms with Gasteiger partial charge in [-0.05, 0) is 69.6 Å². The van der Waals surface area contributed by atoms with Crippen molar-refractivity contribution in [2.45, 2.75) is 149 Å². The van der Waals surface area contributed by atoms with E-state index >= 15 is 0 Å². The lowest BCUT2D eigenvalue weighted by atomic mass is 9.78. The molecule has 1 aromatic rings. The van der Waals surface area contributed by atoms with Crippen LogP contribution < -0.4 is 4.90 Å². The molecule has 1 aliphatic rings. The first kappa shape index (κ1) is 38.2. The molecule has 0 fully saturated rings. The van der Waals surface area contributed by atoms with E-state index in [1.54, 1.807) is 11.3 Å². The van der Waals surface area contributed by atoms with Crippen LogP contribution in [-0.4, -0.2) is 49.6 Å². The van der Waals surface area contributed by atoms with E-state index in [0.717, 1.165) is 24.9 Å². The van der Waals surface area contributed by atoms with E-state index < -0.39 is 16.6 Å². The zero-order chi connectivity index (χ0) is 32.9. The number of carbonyl (C=O) groups excluding carboxylic acids is 1. The van der Waals surface area contributed by atoms with E-state index in [4.69, 9.17) is 13.6 Å². The molecule has 0 bridgehead atoms. The van der Waals surface area contributed by atoms with Crippen LogP contribution >= 0.6 is 11.3 Å². The Labute approximate surface area is 271 Å². The molecule has 0 N–H and O–H groups in total. The number of esters is 1. The molecule has 0 aromatic carbocycles. The Morgan fingerprint density at radius 2 is 1.35 bits per heavy atom. The van der Waals surface area contributed by atoms with Crippen LogP contribution in [0, 0.1) is 5.41 Å². The van der Waals surface area contributed by atoms with E-state index in [0.29, 0.717) is 63.4 Å². The molecule has 0 unspecified atom stereocenters. The van der Waals surface area contributed by atoms with Crippen molar-refractivity contribution < 1.29 is 18.4 Å². The van der Waals surface area contributed by atoms with Gasteiger partial charge in [0.2, 0.25) is 8.32 Å². The molecule has 2 rings (SSSR count). The highest BCUT2D eigenvalue weighted by atomic mass is 32.1. The summed E-state index contributed by atoms with van der Waals surface area (Å²) in [5, 5.41) is 0. The number of nitrogens with zero attached hydrogens (tertiary/aromatic N) is 1. The zero-order valence-corrected chi connectivity index (χ0v) is 33.2. The molecule has 0 saturated heterocycles. The highest BCUT2D eigenvalue weighted by Gasteiger charge is 2.47. The van der Waals surface area contributed by atoms with Crippen LogP contribution in [0.2, 0.25) is 33.2 Å². The van der Waals surface area contributed by atoms with Crippen molar-refractivity contribution in [1.29, 1.82) is 0 Å². The summed E-state index contributed by atoms with van der Waals surface area (Å²) in [6.45, 7) is 34.4. The second kappa shape index (κ2) is 15.6. The summed E-state index contributed by atoms with van der Waals surface area (Å²) in [4.78, 5) is 17.4. The number of hydrogen-bond donors (Lipinski definition) is 0. The molecule has 43 heavy (non-hydrogen) atoms. The van der Waals surface area contributed by atoms with Crippen LogP contribution in [-0.2, 0) is 13.6 Å². The highest BCUT2D eigenvalue weighted by molar-refractivity contribution is 7.15. The largest absolute Gasteiger partial charge is 0.465 e. The third-order valence-electron chi connectivity index (χ3n) is 10.3. The molecule has 1 aliphatic carbocycles. The molecule has 0 saturated carbocycles. The van der Waals surface area contributed by atoms with E-state index in [-0.39, 0.29) is 5.97 Å². The fraction of sp³-hybridized carbons (Fsp3) is 0.800. The third-order valence-corrected chi connectivity index (χ3v) is 23.7. The van der Waals surface area contributed by atoms with Crippen LogP contribution in [0.3, 0.4) is 0 Å². The number of hydrogen-bond acceptors (Lipinski definition) is 6. The van der Waals surface area contributed by atoms with Gasteiger partial charge in [-0.2, -0.15) is 0 Å². The second-order valence-electron chi connectivity index (χ2n) is 15.4. The minimum Gasteiger partial charge on any atom is -0.465 e. The molecule has 0 amide bonds. The van der Waals surface area contributed by atoms with Gasteiger partial charge in [0.25, 0.3) is 0 Å². The number of anilines is 1. The molecular weight excluding hydrogens is 587 g/mol. The maximum atomic E-state index is 13.3. The Bertz CT molecular complexity index is 1030. The SMILES string of the molecule is COC(=O)c1sc(C2=CCC(C)(C)CC2)cc1N(CCO[Si](C(C)C)(C(C)C)C(C)C)CO[Si](C(C)C)(C(C)C)C(C)C. The van der Waals surface area contributed by atoms with Crippen LogP contribution in [0.1, 0.15) is 131 Å². The normalized spacial score (nSPS) is 16.3. The fourth-order valence-electron chi connectivity index (χ4n) is 8.09. The maximum absolute atomic E-state index is 13.3. The van der Waals surface area contributed by atoms with Crippen molar-refractivity contribution in [1.82, 2.24) is 0 Å². The van der Waals surface area contributed by atoms with Crippen molar-refractivity contribution in [2.24, 2.45) is 5.41 Å². The first-order valence-corrected chi connectivity index (χ1v) is 21.9. The summed E-state index contributed by atoms with van der Waals surface area (Å²) in [5.41, 5.74) is 5.56. The summed E-state index contributed by atoms with van der Waals surface area (Å²) in [6.07, 6.45) is 5.62. The second-order valence-corrected chi connectivity index (χ2v) is 27.4. The summed E-state index contributed by atoms with van der Waals surface area (Å²) in [7, 11) is -2.70. The van der Waals surface area contributed by atoms with Gasteiger partial charge in [-0.15, -0.1) is 11.3 Å². The van der Waals surface area contributed by atoms with Crippen molar-refractivity contribution >= 4 is 45.2 Å². The first-order chi connectivity index (χ1) is 19.9.